The van der Waals surface area contributed by atoms with Crippen LogP contribution in [0.2, 0.25) is 5.02 Å². The predicted octanol–water partition coefficient (Wildman–Crippen LogP) is 2.62. The van der Waals surface area contributed by atoms with Crippen LogP contribution in [0.4, 0.5) is 5.69 Å². The first-order valence-electron chi connectivity index (χ1n) is 6.06. The van der Waals surface area contributed by atoms with Crippen molar-refractivity contribution in [2.75, 3.05) is 5.73 Å². The Morgan fingerprint density at radius 2 is 1.57 bits per heavy atom. The van der Waals surface area contributed by atoms with Crippen LogP contribution in [-0.2, 0) is 0 Å². The third-order valence-electron chi connectivity index (χ3n) is 2.64. The van der Waals surface area contributed by atoms with Gasteiger partial charge in [0.15, 0.2) is 0 Å². The number of allylic oxidation sites excluding steroid dienone is 2. The molecule has 4 rings (SSSR count). The molecule has 3 heterocycles. The van der Waals surface area contributed by atoms with Gasteiger partial charge < -0.3 is 10.3 Å². The van der Waals surface area contributed by atoms with E-state index in [0.717, 1.165) is 22.1 Å². The first-order chi connectivity index (χ1) is 10.2. The van der Waals surface area contributed by atoms with E-state index in [1.807, 2.05) is 12.2 Å². The van der Waals surface area contributed by atoms with Crippen molar-refractivity contribution in [2.45, 2.75) is 0 Å². The Kier molecular flexibility index (Phi) is 3.61. The van der Waals surface area contributed by atoms with Gasteiger partial charge in [0, 0.05) is 23.1 Å². The minimum Gasteiger partial charge on any atom is -0.399 e. The second-order valence-corrected chi connectivity index (χ2v) is 4.57. The fourth-order valence-electron chi connectivity index (χ4n) is 1.45. The molecule has 0 saturated heterocycles. The van der Waals surface area contributed by atoms with Crippen molar-refractivity contribution in [2.24, 2.45) is 9.98 Å². The van der Waals surface area contributed by atoms with Crippen LogP contribution in [0.15, 0.2) is 63.3 Å². The molecular formula is C14H10ClN5O. The second kappa shape index (κ2) is 5.72. The number of rotatable bonds is 2. The molecule has 0 saturated carbocycles. The summed E-state index contributed by atoms with van der Waals surface area (Å²) in [5.74, 6) is 0.959. The van der Waals surface area contributed by atoms with Gasteiger partial charge in [-0.15, -0.1) is 0 Å². The molecule has 0 atom stereocenters. The number of hydrogen-bond donors (Lipinski definition) is 1. The van der Waals surface area contributed by atoms with Crippen molar-refractivity contribution in [3.05, 3.63) is 65.6 Å². The van der Waals surface area contributed by atoms with Crippen molar-refractivity contribution >= 4 is 28.7 Å². The molecular weight excluding hydrogens is 290 g/mol. The number of hydrogen-bond acceptors (Lipinski definition) is 6. The summed E-state index contributed by atoms with van der Waals surface area (Å²) < 4.78 is 4.97. The van der Waals surface area contributed by atoms with Crippen molar-refractivity contribution in [1.29, 1.82) is 0 Å². The van der Waals surface area contributed by atoms with Gasteiger partial charge in [0.25, 0.3) is 5.89 Å². The van der Waals surface area contributed by atoms with Crippen molar-refractivity contribution < 1.29 is 4.52 Å². The van der Waals surface area contributed by atoms with E-state index in [-0.39, 0.29) is 0 Å². The molecule has 2 aromatic rings. The number of halogens is 1. The Labute approximate surface area is 125 Å². The molecule has 2 aliphatic rings. The third kappa shape index (κ3) is 3.06. The Morgan fingerprint density at radius 1 is 0.952 bits per heavy atom. The van der Waals surface area contributed by atoms with Crippen LogP contribution in [-0.4, -0.2) is 21.6 Å². The minimum atomic E-state index is 0.445. The number of nitrogens with zero attached hydrogens (tertiary/aromatic N) is 4. The fraction of sp³-hybridized carbons (Fsp3) is 0. The lowest BCUT2D eigenvalue weighted by molar-refractivity contribution is 0.409. The van der Waals surface area contributed by atoms with E-state index in [4.69, 9.17) is 21.9 Å². The van der Waals surface area contributed by atoms with Crippen LogP contribution in [0.25, 0.3) is 0 Å². The molecule has 0 aliphatic carbocycles. The zero-order valence-electron chi connectivity index (χ0n) is 10.8. The summed E-state index contributed by atoms with van der Waals surface area (Å²) in [5.41, 5.74) is 7.59. The van der Waals surface area contributed by atoms with E-state index >= 15 is 0 Å². The van der Waals surface area contributed by atoms with Gasteiger partial charge in [-0.2, -0.15) is 4.98 Å². The average Bonchev–Trinajstić information content (AvgIpc) is 2.78. The van der Waals surface area contributed by atoms with Crippen molar-refractivity contribution in [1.82, 2.24) is 10.1 Å². The van der Waals surface area contributed by atoms with Crippen molar-refractivity contribution in [3.63, 3.8) is 0 Å². The first kappa shape index (κ1) is 13.3. The number of aromatic nitrogens is 2. The SMILES string of the molecule is C1=CC(c2noc(C3=NC=C3)n2)=N1.Nc1ccc(Cl)cc1. The molecule has 2 N–H and O–H groups in total. The van der Waals surface area contributed by atoms with Crippen LogP contribution in [0.1, 0.15) is 11.7 Å². The largest absolute Gasteiger partial charge is 0.399 e. The molecule has 6 nitrogen and oxygen atoms in total. The molecule has 1 aromatic carbocycles. The summed E-state index contributed by atoms with van der Waals surface area (Å²) in [4.78, 5) is 12.0. The third-order valence-corrected chi connectivity index (χ3v) is 2.89. The van der Waals surface area contributed by atoms with Gasteiger partial charge in [0.05, 0.1) is 0 Å². The number of aliphatic imine (C=N–C) groups is 2. The summed E-state index contributed by atoms with van der Waals surface area (Å²) >= 11 is 5.56. The second-order valence-electron chi connectivity index (χ2n) is 4.13. The molecule has 0 bridgehead atoms. The van der Waals surface area contributed by atoms with E-state index < -0.39 is 0 Å². The zero-order valence-corrected chi connectivity index (χ0v) is 11.5. The maximum absolute atomic E-state index is 5.56. The van der Waals surface area contributed by atoms with Crippen LogP contribution >= 0.6 is 11.6 Å². The van der Waals surface area contributed by atoms with Gasteiger partial charge >= 0.3 is 0 Å². The van der Waals surface area contributed by atoms with E-state index in [1.54, 1.807) is 36.7 Å². The highest BCUT2D eigenvalue weighted by Crippen LogP contribution is 2.10. The van der Waals surface area contributed by atoms with E-state index in [2.05, 4.69) is 20.1 Å². The first-order valence-corrected chi connectivity index (χ1v) is 6.44. The lowest BCUT2D eigenvalue weighted by Crippen LogP contribution is -2.06. The van der Waals surface area contributed by atoms with Gasteiger partial charge in [-0.25, -0.2) is 0 Å². The number of nitrogen functional groups attached to an aromatic ring is 1. The number of nitrogens with two attached hydrogens (primary N) is 1. The highest BCUT2D eigenvalue weighted by molar-refractivity contribution is 6.30. The normalized spacial score (nSPS) is 14.3. The van der Waals surface area contributed by atoms with Gasteiger partial charge in [-0.1, -0.05) is 16.8 Å². The Bertz CT molecular complexity index is 707. The number of anilines is 1. The molecule has 0 spiro atoms. The maximum atomic E-state index is 5.56. The van der Waals surface area contributed by atoms with Gasteiger partial charge in [0.1, 0.15) is 11.4 Å². The van der Waals surface area contributed by atoms with Crippen molar-refractivity contribution in [3.8, 4) is 0 Å². The summed E-state index contributed by atoms with van der Waals surface area (Å²) in [6.07, 6.45) is 7.01. The standard InChI is InChI=1S/C8H4N4O.C6H6ClN/c1-3-9-5(1)7-11-8(13-12-7)6-2-4-10-6;7-5-1-3-6(8)4-2-5/h1-4H;1-4H,8H2. The lowest BCUT2D eigenvalue weighted by Gasteiger charge is -1.98. The van der Waals surface area contributed by atoms with E-state index in [1.165, 1.54) is 0 Å². The average molecular weight is 300 g/mol. The molecule has 0 fully saturated rings. The van der Waals surface area contributed by atoms with Crippen LogP contribution in [0.3, 0.4) is 0 Å². The Balaban J connectivity index is 0.000000143. The quantitative estimate of drug-likeness (QED) is 0.863. The summed E-state index contributed by atoms with van der Waals surface area (Å²) in [5, 5.41) is 4.48. The molecule has 2 aliphatic heterocycles. The zero-order chi connectivity index (χ0) is 14.7. The minimum absolute atomic E-state index is 0.445. The Hall–Kier alpha value is -2.73. The van der Waals surface area contributed by atoms with E-state index in [0.29, 0.717) is 11.7 Å². The molecule has 0 amide bonds. The molecule has 0 radical (unpaired) electrons. The molecule has 21 heavy (non-hydrogen) atoms. The van der Waals surface area contributed by atoms with Crippen LogP contribution in [0, 0.1) is 0 Å². The molecule has 0 unspecified atom stereocenters. The molecule has 7 heteroatoms. The topological polar surface area (TPSA) is 89.7 Å². The van der Waals surface area contributed by atoms with Gasteiger partial charge in [-0.05, 0) is 36.4 Å². The van der Waals surface area contributed by atoms with E-state index in [9.17, 15) is 0 Å². The monoisotopic (exact) mass is 299 g/mol. The van der Waals surface area contributed by atoms with Crippen LogP contribution < -0.4 is 5.73 Å². The predicted molar refractivity (Wildman–Crippen MR) is 81.5 cm³/mol. The highest BCUT2D eigenvalue weighted by Gasteiger charge is 2.17. The van der Waals surface area contributed by atoms with Gasteiger partial charge in [0.2, 0.25) is 5.82 Å². The van der Waals surface area contributed by atoms with Gasteiger partial charge in [-0.3, -0.25) is 9.98 Å². The summed E-state index contributed by atoms with van der Waals surface area (Å²) in [7, 11) is 0. The lowest BCUT2D eigenvalue weighted by atomic mass is 10.2. The Morgan fingerprint density at radius 3 is 2.05 bits per heavy atom. The van der Waals surface area contributed by atoms with Crippen LogP contribution in [0.5, 0.6) is 0 Å². The fourth-order valence-corrected chi connectivity index (χ4v) is 1.58. The maximum Gasteiger partial charge on any atom is 0.276 e. The number of benzene rings is 1. The highest BCUT2D eigenvalue weighted by atomic mass is 35.5. The molecule has 104 valence electrons. The summed E-state index contributed by atoms with van der Waals surface area (Å²) in [6.45, 7) is 0. The smallest absolute Gasteiger partial charge is 0.276 e. The molecule has 1 aromatic heterocycles. The summed E-state index contributed by atoms with van der Waals surface area (Å²) in [6, 6.07) is 7.05.